The van der Waals surface area contributed by atoms with Gasteiger partial charge in [-0.2, -0.15) is 0 Å². The maximum atomic E-state index is 13.7. The van der Waals surface area contributed by atoms with Crippen molar-refractivity contribution < 1.29 is 18.3 Å². The highest BCUT2D eigenvalue weighted by atomic mass is 19.1. The molecule has 0 bridgehead atoms. The van der Waals surface area contributed by atoms with E-state index in [-0.39, 0.29) is 11.5 Å². The lowest BCUT2D eigenvalue weighted by molar-refractivity contribution is 0.0936. The third-order valence-corrected chi connectivity index (χ3v) is 3.13. The summed E-state index contributed by atoms with van der Waals surface area (Å²) in [5, 5.41) is 2.67. The number of ether oxygens (including phenoxy) is 1. The van der Waals surface area contributed by atoms with Crippen LogP contribution >= 0.6 is 0 Å². The molecule has 1 amide bonds. The molecule has 0 aliphatic rings. The molecule has 5 heteroatoms. The van der Waals surface area contributed by atoms with E-state index in [1.165, 1.54) is 13.2 Å². The SMILES string of the molecule is COc1ccccc1C(=O)NC(C)c1ccc(F)cc1F. The van der Waals surface area contributed by atoms with E-state index in [1.807, 2.05) is 0 Å². The van der Waals surface area contributed by atoms with Crippen LogP contribution in [0.2, 0.25) is 0 Å². The third-order valence-electron chi connectivity index (χ3n) is 3.13. The maximum absolute atomic E-state index is 13.7. The fourth-order valence-electron chi connectivity index (χ4n) is 2.04. The number of amides is 1. The Morgan fingerprint density at radius 3 is 2.57 bits per heavy atom. The number of para-hydroxylation sites is 1. The van der Waals surface area contributed by atoms with Gasteiger partial charge < -0.3 is 10.1 Å². The fraction of sp³-hybridized carbons (Fsp3) is 0.188. The Morgan fingerprint density at radius 1 is 1.19 bits per heavy atom. The summed E-state index contributed by atoms with van der Waals surface area (Å²) in [6.07, 6.45) is 0. The van der Waals surface area contributed by atoms with Crippen molar-refractivity contribution in [2.24, 2.45) is 0 Å². The number of hydrogen-bond donors (Lipinski definition) is 1. The van der Waals surface area contributed by atoms with Gasteiger partial charge in [-0.1, -0.05) is 18.2 Å². The minimum Gasteiger partial charge on any atom is -0.496 e. The molecule has 1 unspecified atom stereocenters. The molecule has 21 heavy (non-hydrogen) atoms. The summed E-state index contributed by atoms with van der Waals surface area (Å²) in [4.78, 5) is 12.2. The number of carbonyl (C=O) groups excluding carboxylic acids is 1. The summed E-state index contributed by atoms with van der Waals surface area (Å²) < 4.78 is 31.7. The van der Waals surface area contributed by atoms with Crippen LogP contribution in [-0.4, -0.2) is 13.0 Å². The summed E-state index contributed by atoms with van der Waals surface area (Å²) in [6, 6.07) is 9.41. The largest absolute Gasteiger partial charge is 0.496 e. The van der Waals surface area contributed by atoms with Crippen molar-refractivity contribution >= 4 is 5.91 Å². The molecule has 0 fully saturated rings. The second kappa shape index (κ2) is 6.35. The second-order valence-corrected chi connectivity index (χ2v) is 4.56. The lowest BCUT2D eigenvalue weighted by atomic mass is 10.1. The molecular formula is C16H15F2NO2. The highest BCUT2D eigenvalue weighted by molar-refractivity contribution is 5.97. The summed E-state index contributed by atoms with van der Waals surface area (Å²) in [5.41, 5.74) is 0.578. The van der Waals surface area contributed by atoms with E-state index in [0.29, 0.717) is 11.3 Å². The molecule has 0 aliphatic heterocycles. The summed E-state index contributed by atoms with van der Waals surface area (Å²) in [5.74, 6) is -1.30. The Balaban J connectivity index is 2.19. The van der Waals surface area contributed by atoms with Crippen LogP contribution < -0.4 is 10.1 Å². The zero-order valence-corrected chi connectivity index (χ0v) is 11.7. The van der Waals surface area contributed by atoms with Crippen molar-refractivity contribution in [3.63, 3.8) is 0 Å². The van der Waals surface area contributed by atoms with Gasteiger partial charge >= 0.3 is 0 Å². The first-order chi connectivity index (χ1) is 10.0. The molecule has 0 aliphatic carbocycles. The van der Waals surface area contributed by atoms with E-state index < -0.39 is 17.7 Å². The van der Waals surface area contributed by atoms with Crippen molar-refractivity contribution in [3.05, 3.63) is 65.2 Å². The summed E-state index contributed by atoms with van der Waals surface area (Å²) in [6.45, 7) is 1.63. The maximum Gasteiger partial charge on any atom is 0.255 e. The fourth-order valence-corrected chi connectivity index (χ4v) is 2.04. The van der Waals surface area contributed by atoms with Crippen molar-refractivity contribution in [3.8, 4) is 5.75 Å². The number of rotatable bonds is 4. The van der Waals surface area contributed by atoms with E-state index in [4.69, 9.17) is 4.74 Å². The van der Waals surface area contributed by atoms with Crippen LogP contribution in [0.5, 0.6) is 5.75 Å². The Kier molecular flexibility index (Phi) is 4.52. The van der Waals surface area contributed by atoms with E-state index in [2.05, 4.69) is 5.32 Å². The monoisotopic (exact) mass is 291 g/mol. The average molecular weight is 291 g/mol. The first-order valence-corrected chi connectivity index (χ1v) is 6.41. The Morgan fingerprint density at radius 2 is 1.90 bits per heavy atom. The molecule has 2 aromatic rings. The normalized spacial score (nSPS) is 11.8. The van der Waals surface area contributed by atoms with Crippen LogP contribution in [0.25, 0.3) is 0 Å². The topological polar surface area (TPSA) is 38.3 Å². The standard InChI is InChI=1S/C16H15F2NO2/c1-10(12-8-7-11(17)9-14(12)18)19-16(20)13-5-3-4-6-15(13)21-2/h3-10H,1-2H3,(H,19,20). The molecule has 2 rings (SSSR count). The minimum absolute atomic E-state index is 0.222. The van der Waals surface area contributed by atoms with Gasteiger partial charge in [0.2, 0.25) is 0 Å². The Bertz CT molecular complexity index is 658. The first kappa shape index (κ1) is 15.0. The highest BCUT2D eigenvalue weighted by Crippen LogP contribution is 2.21. The quantitative estimate of drug-likeness (QED) is 0.936. The smallest absolute Gasteiger partial charge is 0.255 e. The number of nitrogens with one attached hydrogen (secondary N) is 1. The van der Waals surface area contributed by atoms with E-state index in [9.17, 15) is 13.6 Å². The van der Waals surface area contributed by atoms with Gasteiger partial charge in [-0.05, 0) is 25.1 Å². The van der Waals surface area contributed by atoms with Gasteiger partial charge in [-0.25, -0.2) is 8.78 Å². The van der Waals surface area contributed by atoms with Crippen LogP contribution in [0.3, 0.4) is 0 Å². The zero-order valence-electron chi connectivity index (χ0n) is 11.7. The lowest BCUT2D eigenvalue weighted by Crippen LogP contribution is -2.27. The molecule has 0 saturated heterocycles. The number of carbonyl (C=O) groups is 1. The number of hydrogen-bond acceptors (Lipinski definition) is 2. The predicted octanol–water partition coefficient (Wildman–Crippen LogP) is 3.46. The van der Waals surface area contributed by atoms with Gasteiger partial charge in [0, 0.05) is 11.6 Å². The van der Waals surface area contributed by atoms with Crippen LogP contribution in [0.4, 0.5) is 8.78 Å². The number of methoxy groups -OCH3 is 1. The molecule has 3 nitrogen and oxygen atoms in total. The van der Waals surface area contributed by atoms with Crippen molar-refractivity contribution in [1.82, 2.24) is 5.32 Å². The molecule has 0 saturated carbocycles. The predicted molar refractivity (Wildman–Crippen MR) is 75.2 cm³/mol. The van der Waals surface area contributed by atoms with Crippen molar-refractivity contribution in [1.29, 1.82) is 0 Å². The molecule has 0 heterocycles. The second-order valence-electron chi connectivity index (χ2n) is 4.56. The van der Waals surface area contributed by atoms with Gasteiger partial charge in [0.05, 0.1) is 18.7 Å². The van der Waals surface area contributed by atoms with Crippen molar-refractivity contribution in [2.45, 2.75) is 13.0 Å². The minimum atomic E-state index is -0.692. The molecule has 110 valence electrons. The lowest BCUT2D eigenvalue weighted by Gasteiger charge is -2.16. The Labute approximate surface area is 121 Å². The molecule has 1 N–H and O–H groups in total. The number of halogens is 2. The van der Waals surface area contributed by atoms with Gasteiger partial charge in [-0.15, -0.1) is 0 Å². The van der Waals surface area contributed by atoms with E-state index in [0.717, 1.165) is 12.1 Å². The van der Waals surface area contributed by atoms with Crippen molar-refractivity contribution in [2.75, 3.05) is 7.11 Å². The Hall–Kier alpha value is -2.43. The van der Waals surface area contributed by atoms with E-state index in [1.54, 1.807) is 31.2 Å². The third kappa shape index (κ3) is 3.37. The van der Waals surface area contributed by atoms with Crippen LogP contribution in [0.1, 0.15) is 28.9 Å². The van der Waals surface area contributed by atoms with Gasteiger partial charge in [0.15, 0.2) is 0 Å². The van der Waals surface area contributed by atoms with E-state index >= 15 is 0 Å². The number of benzene rings is 2. The summed E-state index contributed by atoms with van der Waals surface area (Å²) in [7, 11) is 1.47. The average Bonchev–Trinajstić information content (AvgIpc) is 2.46. The van der Waals surface area contributed by atoms with Gasteiger partial charge in [0.25, 0.3) is 5.91 Å². The zero-order chi connectivity index (χ0) is 15.4. The van der Waals surface area contributed by atoms with Crippen LogP contribution in [0.15, 0.2) is 42.5 Å². The molecular weight excluding hydrogens is 276 g/mol. The molecule has 1 atom stereocenters. The molecule has 0 spiro atoms. The molecule has 0 aromatic heterocycles. The highest BCUT2D eigenvalue weighted by Gasteiger charge is 2.17. The molecule has 2 aromatic carbocycles. The van der Waals surface area contributed by atoms with Gasteiger partial charge in [0.1, 0.15) is 17.4 Å². The molecule has 0 radical (unpaired) electrons. The summed E-state index contributed by atoms with van der Waals surface area (Å²) >= 11 is 0. The first-order valence-electron chi connectivity index (χ1n) is 6.41. The van der Waals surface area contributed by atoms with Crippen LogP contribution in [-0.2, 0) is 0 Å². The van der Waals surface area contributed by atoms with Crippen LogP contribution in [0, 0.1) is 11.6 Å². The van der Waals surface area contributed by atoms with Gasteiger partial charge in [-0.3, -0.25) is 4.79 Å².